The van der Waals surface area contributed by atoms with Gasteiger partial charge in [0.05, 0.1) is 6.61 Å². The Labute approximate surface area is 121 Å². The third kappa shape index (κ3) is 6.09. The van der Waals surface area contributed by atoms with Crippen LogP contribution in [0, 0.1) is 0 Å². The van der Waals surface area contributed by atoms with Crippen molar-refractivity contribution in [2.75, 3.05) is 0 Å². The molecule has 1 rings (SSSR count). The number of ether oxygens (including phenoxy) is 1. The van der Waals surface area contributed by atoms with Gasteiger partial charge >= 0.3 is 29.6 Å². The fourth-order valence-electron chi connectivity index (χ4n) is 0.874. The molecule has 1 atom stereocenters. The number of hydrogen-bond donors (Lipinski definition) is 1. The third-order valence-electron chi connectivity index (χ3n) is 1.53. The van der Waals surface area contributed by atoms with Crippen molar-refractivity contribution in [1.82, 2.24) is 0 Å². The van der Waals surface area contributed by atoms with Crippen LogP contribution >= 0.6 is 23.2 Å². The summed E-state index contributed by atoms with van der Waals surface area (Å²) in [5.74, 6) is 0. The molecule has 80 valence electrons. The van der Waals surface area contributed by atoms with E-state index in [2.05, 4.69) is 0 Å². The minimum Gasteiger partial charge on any atom is -0.870 e. The van der Waals surface area contributed by atoms with Crippen molar-refractivity contribution >= 4 is 23.2 Å². The minimum atomic E-state index is -0.813. The van der Waals surface area contributed by atoms with Gasteiger partial charge in [-0.1, -0.05) is 29.3 Å². The summed E-state index contributed by atoms with van der Waals surface area (Å²) in [7, 11) is 0. The summed E-state index contributed by atoms with van der Waals surface area (Å²) in [6.07, 6.45) is -0.813. The Morgan fingerprint density at radius 1 is 1.33 bits per heavy atom. The van der Waals surface area contributed by atoms with Gasteiger partial charge < -0.3 is 15.3 Å². The molecular formula is C9H11Cl2NaO3. The number of hydrogen-bond acceptors (Lipinski definition) is 3. The molecule has 0 saturated heterocycles. The fraction of sp³-hybridized carbons (Fsp3) is 0.333. The van der Waals surface area contributed by atoms with Crippen LogP contribution < -0.4 is 29.6 Å². The standard InChI is InChI=1S/C9H10Cl2O2.Na.H2O/c1-6(12)13-5-7-8(10)3-2-4-9(7)11;;/h2-4,6,12H,5H2,1H3;;1H2/q;+1;/p-1. The van der Waals surface area contributed by atoms with Gasteiger partial charge in [-0.05, 0) is 19.1 Å². The van der Waals surface area contributed by atoms with Gasteiger partial charge in [0.25, 0.3) is 0 Å². The Hall–Kier alpha value is 0.680. The zero-order chi connectivity index (χ0) is 9.84. The molecule has 2 N–H and O–H groups in total. The first-order chi connectivity index (χ1) is 6.11. The van der Waals surface area contributed by atoms with E-state index in [4.69, 9.17) is 33.0 Å². The monoisotopic (exact) mass is 260 g/mol. The molecule has 1 aromatic rings. The largest absolute Gasteiger partial charge is 1.00 e. The van der Waals surface area contributed by atoms with Crippen LogP contribution in [0.5, 0.6) is 0 Å². The van der Waals surface area contributed by atoms with Crippen LogP contribution in [0.15, 0.2) is 18.2 Å². The van der Waals surface area contributed by atoms with Crippen LogP contribution in [0.1, 0.15) is 12.5 Å². The smallest absolute Gasteiger partial charge is 0.870 e. The van der Waals surface area contributed by atoms with E-state index in [9.17, 15) is 0 Å². The molecule has 0 heterocycles. The SMILES string of the molecule is CC(O)OCc1c(Cl)cccc1Cl.[Na+].[OH-]. The average Bonchev–Trinajstić information content (AvgIpc) is 2.03. The first-order valence-corrected chi connectivity index (χ1v) is 4.59. The number of aliphatic hydroxyl groups excluding tert-OH is 1. The van der Waals surface area contributed by atoms with E-state index in [0.717, 1.165) is 0 Å². The Bertz CT molecular complexity index is 274. The molecule has 0 spiro atoms. The van der Waals surface area contributed by atoms with Crippen molar-refractivity contribution < 1.29 is 44.9 Å². The fourth-order valence-corrected chi connectivity index (χ4v) is 1.38. The quantitative estimate of drug-likeness (QED) is 0.599. The number of rotatable bonds is 3. The molecule has 1 aromatic carbocycles. The molecule has 0 aromatic heterocycles. The van der Waals surface area contributed by atoms with Gasteiger partial charge in [-0.2, -0.15) is 0 Å². The Morgan fingerprint density at radius 2 is 1.80 bits per heavy atom. The van der Waals surface area contributed by atoms with Crippen molar-refractivity contribution in [3.8, 4) is 0 Å². The van der Waals surface area contributed by atoms with Gasteiger partial charge in [0.15, 0.2) is 6.29 Å². The molecule has 3 nitrogen and oxygen atoms in total. The summed E-state index contributed by atoms with van der Waals surface area (Å²) in [6, 6.07) is 5.22. The first-order valence-electron chi connectivity index (χ1n) is 3.84. The van der Waals surface area contributed by atoms with Crippen molar-refractivity contribution in [2.24, 2.45) is 0 Å². The van der Waals surface area contributed by atoms with Gasteiger partial charge in [0.2, 0.25) is 0 Å². The molecule has 15 heavy (non-hydrogen) atoms. The van der Waals surface area contributed by atoms with E-state index in [1.807, 2.05) is 0 Å². The summed E-state index contributed by atoms with van der Waals surface area (Å²) in [5, 5.41) is 9.99. The van der Waals surface area contributed by atoms with Gasteiger partial charge in [-0.3, -0.25) is 0 Å². The normalized spacial score (nSPS) is 11.2. The predicted octanol–water partition coefficient (Wildman–Crippen LogP) is -0.324. The molecule has 0 aliphatic carbocycles. The van der Waals surface area contributed by atoms with E-state index in [0.29, 0.717) is 15.6 Å². The predicted molar refractivity (Wildman–Crippen MR) is 54.9 cm³/mol. The molecule has 0 amide bonds. The number of halogens is 2. The van der Waals surface area contributed by atoms with Crippen molar-refractivity contribution in [1.29, 1.82) is 0 Å². The summed E-state index contributed by atoms with van der Waals surface area (Å²) >= 11 is 11.7. The maximum Gasteiger partial charge on any atom is 1.00 e. The Morgan fingerprint density at radius 3 is 2.20 bits per heavy atom. The molecule has 0 aliphatic heterocycles. The Balaban J connectivity index is 0. The van der Waals surface area contributed by atoms with Gasteiger partial charge in [0, 0.05) is 15.6 Å². The maximum absolute atomic E-state index is 8.89. The molecule has 0 saturated carbocycles. The van der Waals surface area contributed by atoms with E-state index in [1.165, 1.54) is 6.92 Å². The van der Waals surface area contributed by atoms with Crippen molar-refractivity contribution in [2.45, 2.75) is 19.8 Å². The summed E-state index contributed by atoms with van der Waals surface area (Å²) in [4.78, 5) is 0. The summed E-state index contributed by atoms with van der Waals surface area (Å²) < 4.78 is 4.98. The second-order valence-electron chi connectivity index (χ2n) is 2.61. The topological polar surface area (TPSA) is 59.5 Å². The van der Waals surface area contributed by atoms with Gasteiger partial charge in [-0.15, -0.1) is 0 Å². The zero-order valence-electron chi connectivity index (χ0n) is 8.58. The van der Waals surface area contributed by atoms with Crippen LogP contribution in [-0.2, 0) is 11.3 Å². The number of aliphatic hydroxyl groups is 1. The minimum absolute atomic E-state index is 0. The van der Waals surface area contributed by atoms with Crippen LogP contribution in [0.4, 0.5) is 0 Å². The maximum atomic E-state index is 8.89. The molecule has 0 fully saturated rings. The van der Waals surface area contributed by atoms with Crippen LogP contribution in [-0.4, -0.2) is 16.9 Å². The van der Waals surface area contributed by atoms with E-state index in [-0.39, 0.29) is 41.6 Å². The van der Waals surface area contributed by atoms with E-state index >= 15 is 0 Å². The molecule has 0 radical (unpaired) electrons. The zero-order valence-corrected chi connectivity index (χ0v) is 12.1. The summed E-state index contributed by atoms with van der Waals surface area (Å²) in [5.41, 5.74) is 0.701. The Kier molecular flexibility index (Phi) is 10.6. The van der Waals surface area contributed by atoms with Crippen LogP contribution in [0.25, 0.3) is 0 Å². The summed E-state index contributed by atoms with van der Waals surface area (Å²) in [6.45, 7) is 1.75. The first kappa shape index (κ1) is 18.1. The molecule has 0 aliphatic rings. The van der Waals surface area contributed by atoms with Gasteiger partial charge in [-0.25, -0.2) is 0 Å². The molecule has 1 unspecified atom stereocenters. The molecule has 6 heteroatoms. The van der Waals surface area contributed by atoms with Crippen LogP contribution in [0.3, 0.4) is 0 Å². The molecular weight excluding hydrogens is 250 g/mol. The van der Waals surface area contributed by atoms with Crippen LogP contribution in [0.2, 0.25) is 10.0 Å². The van der Waals surface area contributed by atoms with E-state index in [1.54, 1.807) is 18.2 Å². The van der Waals surface area contributed by atoms with Gasteiger partial charge in [0.1, 0.15) is 0 Å². The average molecular weight is 261 g/mol. The number of benzene rings is 1. The second kappa shape index (κ2) is 8.79. The van der Waals surface area contributed by atoms with Crippen molar-refractivity contribution in [3.05, 3.63) is 33.8 Å². The van der Waals surface area contributed by atoms with E-state index < -0.39 is 6.29 Å². The van der Waals surface area contributed by atoms with Crippen molar-refractivity contribution in [3.63, 3.8) is 0 Å². The third-order valence-corrected chi connectivity index (χ3v) is 2.24. The second-order valence-corrected chi connectivity index (χ2v) is 3.42. The molecule has 0 bridgehead atoms.